The lowest BCUT2D eigenvalue weighted by atomic mass is 10.0. The van der Waals surface area contributed by atoms with Crippen molar-refractivity contribution in [1.29, 1.82) is 0 Å². The number of nitrogens with one attached hydrogen (secondary N) is 3. The van der Waals surface area contributed by atoms with Crippen molar-refractivity contribution < 1.29 is 28.6 Å². The number of amides is 3. The summed E-state index contributed by atoms with van der Waals surface area (Å²) in [6.45, 7) is 5.77. The van der Waals surface area contributed by atoms with Gasteiger partial charge in [-0.3, -0.25) is 14.4 Å². The van der Waals surface area contributed by atoms with Gasteiger partial charge in [-0.2, -0.15) is 4.74 Å². The van der Waals surface area contributed by atoms with Gasteiger partial charge in [-0.25, -0.2) is 14.5 Å². The average Bonchev–Trinajstić information content (AvgIpc) is 3.20. The van der Waals surface area contributed by atoms with Crippen molar-refractivity contribution in [2.45, 2.75) is 20.8 Å². The lowest BCUT2D eigenvalue weighted by Crippen LogP contribution is -2.82. The zero-order chi connectivity index (χ0) is 29.8. The van der Waals surface area contributed by atoms with Gasteiger partial charge in [-0.05, 0) is 74.4 Å². The van der Waals surface area contributed by atoms with Crippen LogP contribution in [0.15, 0.2) is 63.9 Å². The number of nitrogens with zero attached hydrogens (tertiary/aromatic N) is 1. The van der Waals surface area contributed by atoms with Crippen molar-refractivity contribution in [2.24, 2.45) is 7.05 Å². The van der Waals surface area contributed by atoms with E-state index in [1.807, 2.05) is 6.92 Å². The van der Waals surface area contributed by atoms with E-state index < -0.39 is 17.6 Å². The van der Waals surface area contributed by atoms with Crippen LogP contribution in [0.5, 0.6) is 0 Å². The van der Waals surface area contributed by atoms with Gasteiger partial charge >= 0.3 is 5.91 Å². The van der Waals surface area contributed by atoms with Gasteiger partial charge in [0.25, 0.3) is 17.4 Å². The van der Waals surface area contributed by atoms with E-state index in [4.69, 9.17) is 4.52 Å². The van der Waals surface area contributed by atoms with Crippen LogP contribution in [0.1, 0.15) is 49.3 Å². The van der Waals surface area contributed by atoms with Crippen molar-refractivity contribution in [3.63, 3.8) is 0 Å². The molecule has 0 spiro atoms. The van der Waals surface area contributed by atoms with Crippen LogP contribution in [0.25, 0.3) is 11.1 Å². The number of benzene rings is 3. The summed E-state index contributed by atoms with van der Waals surface area (Å²) in [5, 5.41) is 9.64. The Bertz CT molecular complexity index is 1710. The van der Waals surface area contributed by atoms with Crippen molar-refractivity contribution in [2.75, 3.05) is 24.2 Å². The Morgan fingerprint density at radius 2 is 1.63 bits per heavy atom. The number of aromatic nitrogens is 1. The third kappa shape index (κ3) is 6.10. The van der Waals surface area contributed by atoms with Gasteiger partial charge < -0.3 is 20.5 Å². The van der Waals surface area contributed by atoms with Crippen LogP contribution < -0.4 is 26.8 Å². The lowest BCUT2D eigenvalue weighted by Gasteiger charge is -2.16. The standard InChI is InChI=1S/C30H30FN5O5/c1-6-33-26-22(28(38)34-19-9-7-18(8-10-19)25-17(3)41-36(5)30(25)40)13-16(2)14-23(26)29(39)35-20-11-12-24(31)21(15-20)27(37)32-4/h7-15,33H,6H2,1-5H3,(H,32,37)(H,34,38)(H,35,39)/p+1. The van der Waals surface area contributed by atoms with Crippen molar-refractivity contribution >= 4 is 34.8 Å². The van der Waals surface area contributed by atoms with Gasteiger partial charge in [-0.15, -0.1) is 0 Å². The Balaban J connectivity index is 1.62. The molecule has 0 aliphatic heterocycles. The molecular formula is C30H31FN5O5+. The number of aryl methyl sites for hydroxylation is 3. The lowest BCUT2D eigenvalue weighted by molar-refractivity contribution is -0.463. The minimum Gasteiger partial charge on any atom is -0.384 e. The molecule has 5 N–H and O–H groups in total. The summed E-state index contributed by atoms with van der Waals surface area (Å²) in [7, 11) is 2.93. The first kappa shape index (κ1) is 29.0. The quantitative estimate of drug-likeness (QED) is 0.244. The van der Waals surface area contributed by atoms with Crippen LogP contribution in [0.4, 0.5) is 21.5 Å². The highest BCUT2D eigenvalue weighted by Crippen LogP contribution is 2.26. The van der Waals surface area contributed by atoms with Crippen LogP contribution in [-0.2, 0) is 7.05 Å². The normalized spacial score (nSPS) is 10.8. The van der Waals surface area contributed by atoms with Crippen LogP contribution in [-0.4, -0.2) is 36.1 Å². The monoisotopic (exact) mass is 560 g/mol. The van der Waals surface area contributed by atoms with Gasteiger partial charge in [0.2, 0.25) is 0 Å². The molecule has 0 unspecified atom stereocenters. The van der Waals surface area contributed by atoms with E-state index in [1.54, 1.807) is 57.3 Å². The summed E-state index contributed by atoms with van der Waals surface area (Å²) in [6.07, 6.45) is 0. The minimum atomic E-state index is -0.718. The van der Waals surface area contributed by atoms with Crippen LogP contribution >= 0.6 is 0 Å². The maximum absolute atomic E-state index is 14.1. The van der Waals surface area contributed by atoms with Crippen molar-refractivity contribution in [1.82, 2.24) is 10.1 Å². The summed E-state index contributed by atoms with van der Waals surface area (Å²) < 4.78 is 20.6. The van der Waals surface area contributed by atoms with Gasteiger partial charge in [0.1, 0.15) is 22.8 Å². The second kappa shape index (κ2) is 12.0. The zero-order valence-corrected chi connectivity index (χ0v) is 23.3. The Kier molecular flexibility index (Phi) is 8.48. The van der Waals surface area contributed by atoms with Gasteiger partial charge in [-0.1, -0.05) is 0 Å². The third-order valence-electron chi connectivity index (χ3n) is 6.47. The van der Waals surface area contributed by atoms with E-state index in [1.165, 1.54) is 29.2 Å². The van der Waals surface area contributed by atoms with E-state index in [0.29, 0.717) is 45.9 Å². The number of hydrogen-bond acceptors (Lipinski definition) is 6. The number of quaternary nitrogens is 1. The predicted molar refractivity (Wildman–Crippen MR) is 153 cm³/mol. The molecule has 4 aromatic rings. The average molecular weight is 561 g/mol. The summed E-state index contributed by atoms with van der Waals surface area (Å²) in [5.74, 6) is -1.71. The van der Waals surface area contributed by atoms with E-state index in [0.717, 1.165) is 6.07 Å². The number of anilines is 2. The molecular weight excluding hydrogens is 529 g/mol. The largest absolute Gasteiger partial charge is 0.384 e. The fourth-order valence-electron chi connectivity index (χ4n) is 4.54. The molecule has 0 saturated heterocycles. The number of rotatable bonds is 8. The molecule has 0 bridgehead atoms. The Hall–Kier alpha value is -5.03. The first-order valence-corrected chi connectivity index (χ1v) is 12.9. The Labute approximate surface area is 235 Å². The summed E-state index contributed by atoms with van der Waals surface area (Å²) >= 11 is 0. The maximum Gasteiger partial charge on any atom is 0.349 e. The topological polar surface area (TPSA) is 139 Å². The van der Waals surface area contributed by atoms with E-state index >= 15 is 0 Å². The first-order valence-electron chi connectivity index (χ1n) is 12.9. The molecule has 1 aromatic heterocycles. The SMILES string of the molecule is CCNc1c(C(=O)Nc2ccc(F)c(C(=O)NC)c2)cc(C)cc1C(=O)[NH2+]c1ccc(-c2c(C)on(C)c2=O)cc1. The van der Waals surface area contributed by atoms with E-state index in [2.05, 4.69) is 16.0 Å². The highest BCUT2D eigenvalue weighted by atomic mass is 19.1. The molecule has 41 heavy (non-hydrogen) atoms. The second-order valence-corrected chi connectivity index (χ2v) is 9.45. The highest BCUT2D eigenvalue weighted by molar-refractivity contribution is 6.12. The van der Waals surface area contributed by atoms with Crippen molar-refractivity contribution in [3.05, 3.63) is 98.8 Å². The summed E-state index contributed by atoms with van der Waals surface area (Å²) in [4.78, 5) is 51.2. The van der Waals surface area contributed by atoms with Gasteiger partial charge in [0.05, 0.1) is 22.4 Å². The number of hydrogen-bond donors (Lipinski definition) is 4. The predicted octanol–water partition coefficient (Wildman–Crippen LogP) is 3.48. The zero-order valence-electron chi connectivity index (χ0n) is 23.3. The molecule has 4 rings (SSSR count). The number of carbonyl (C=O) groups is 3. The van der Waals surface area contributed by atoms with Gasteiger partial charge in [0.15, 0.2) is 0 Å². The molecule has 3 aromatic carbocycles. The highest BCUT2D eigenvalue weighted by Gasteiger charge is 2.24. The van der Waals surface area contributed by atoms with Crippen LogP contribution in [0, 0.1) is 19.7 Å². The van der Waals surface area contributed by atoms with E-state index in [-0.39, 0.29) is 28.3 Å². The molecule has 0 fully saturated rings. The molecule has 11 heteroatoms. The molecule has 1 heterocycles. The summed E-state index contributed by atoms with van der Waals surface area (Å²) in [5.41, 5.74) is 3.05. The van der Waals surface area contributed by atoms with Crippen LogP contribution in [0.3, 0.4) is 0 Å². The number of primary amides is 1. The molecule has 212 valence electrons. The van der Waals surface area contributed by atoms with Crippen molar-refractivity contribution in [3.8, 4) is 11.1 Å². The molecule has 0 aliphatic rings. The molecule has 0 saturated carbocycles. The number of nitrogens with two attached hydrogens (primary N) is 1. The minimum absolute atomic E-state index is 0.207. The Morgan fingerprint density at radius 1 is 0.951 bits per heavy atom. The molecule has 0 aliphatic carbocycles. The van der Waals surface area contributed by atoms with Crippen LogP contribution in [0.2, 0.25) is 0 Å². The Morgan fingerprint density at radius 3 is 2.24 bits per heavy atom. The smallest absolute Gasteiger partial charge is 0.349 e. The summed E-state index contributed by atoms with van der Waals surface area (Å²) in [6, 6.07) is 14.0. The fraction of sp³-hybridized carbons (Fsp3) is 0.200. The van der Waals surface area contributed by atoms with E-state index in [9.17, 15) is 23.6 Å². The third-order valence-corrected chi connectivity index (χ3v) is 6.47. The molecule has 10 nitrogen and oxygen atoms in total. The maximum atomic E-state index is 14.1. The van der Waals surface area contributed by atoms with Gasteiger partial charge in [0, 0.05) is 38.5 Å². The first-order chi connectivity index (χ1) is 19.5. The second-order valence-electron chi connectivity index (χ2n) is 9.45. The number of carbonyl (C=O) groups excluding carboxylic acids is 3. The molecule has 3 amide bonds. The molecule has 0 atom stereocenters. The molecule has 0 radical (unpaired) electrons. The number of halogens is 1. The fourth-order valence-corrected chi connectivity index (χ4v) is 4.54.